The van der Waals surface area contributed by atoms with Gasteiger partial charge in [-0.3, -0.25) is 0 Å². The van der Waals surface area contributed by atoms with Crippen molar-refractivity contribution in [1.29, 1.82) is 0 Å². The molecule has 2 rings (SSSR count). The van der Waals surface area contributed by atoms with Gasteiger partial charge in [0.25, 0.3) is 0 Å². The summed E-state index contributed by atoms with van der Waals surface area (Å²) >= 11 is 17.0. The summed E-state index contributed by atoms with van der Waals surface area (Å²) in [4.78, 5) is 0. The Morgan fingerprint density at radius 1 is 1.06 bits per heavy atom. The summed E-state index contributed by atoms with van der Waals surface area (Å²) in [5.74, 6) is -5.96. The molecule has 170 valence electrons. The molecule has 0 radical (unpaired) electrons. The number of halogens is 11. The molecule has 1 N–H and O–H groups in total. The van der Waals surface area contributed by atoms with E-state index in [1.807, 2.05) is 22.6 Å². The van der Waals surface area contributed by atoms with Crippen LogP contribution in [0.5, 0.6) is 5.75 Å². The lowest BCUT2D eigenvalue weighted by atomic mass is 10.2. The zero-order valence-corrected chi connectivity index (χ0v) is 19.9. The summed E-state index contributed by atoms with van der Waals surface area (Å²) in [5, 5.41) is 3.64. The van der Waals surface area contributed by atoms with Crippen LogP contribution < -0.4 is 10.2 Å². The van der Waals surface area contributed by atoms with Gasteiger partial charge in [-0.2, -0.15) is 35.8 Å². The molecule has 31 heavy (non-hydrogen) atoms. The minimum absolute atomic E-state index is 0.0678. The second-order valence-corrected chi connectivity index (χ2v) is 8.71. The van der Waals surface area contributed by atoms with E-state index in [2.05, 4.69) is 21.0 Å². The average Bonchev–Trinajstić information content (AvgIpc) is 2.61. The number of hydrazone groups is 1. The van der Waals surface area contributed by atoms with E-state index in [1.54, 1.807) is 12.1 Å². The minimum atomic E-state index is -6.45. The summed E-state index contributed by atoms with van der Waals surface area (Å²) in [6.45, 7) is 0.0678. The number of ether oxygens (including phenoxy) is 1. The van der Waals surface area contributed by atoms with Crippen molar-refractivity contribution in [2.45, 2.75) is 24.8 Å². The van der Waals surface area contributed by atoms with Gasteiger partial charge in [0.05, 0.1) is 14.3 Å². The summed E-state index contributed by atoms with van der Waals surface area (Å²) in [5.41, 5.74) is 1.31. The van der Waals surface area contributed by atoms with Gasteiger partial charge < -0.3 is 4.74 Å². The Morgan fingerprint density at radius 3 is 2.26 bits per heavy atom. The Balaban J connectivity index is 2.13. The summed E-state index contributed by atoms with van der Waals surface area (Å²) in [6, 6.07) is 1.90. The van der Waals surface area contributed by atoms with E-state index in [-0.39, 0.29) is 12.2 Å². The van der Waals surface area contributed by atoms with Crippen molar-refractivity contribution in [3.8, 4) is 5.75 Å². The van der Waals surface area contributed by atoms with Crippen molar-refractivity contribution in [2.24, 2.45) is 5.10 Å². The largest absolute Gasteiger partial charge is 0.487 e. The van der Waals surface area contributed by atoms with Gasteiger partial charge in [-0.05, 0) is 68.3 Å². The lowest BCUT2D eigenvalue weighted by Crippen LogP contribution is -2.58. The van der Waals surface area contributed by atoms with E-state index in [1.165, 1.54) is 18.2 Å². The SMILES string of the molecule is FC(F)(F)C(F)(F)C(F)(F)N/N=C/c1cc(Br)c(OCc2ccc(Cl)cc2Cl)c(I)c1. The van der Waals surface area contributed by atoms with Gasteiger partial charge in [0.2, 0.25) is 0 Å². The van der Waals surface area contributed by atoms with E-state index in [0.29, 0.717) is 41.0 Å². The number of nitrogens with one attached hydrogen (secondary N) is 1. The van der Waals surface area contributed by atoms with Gasteiger partial charge >= 0.3 is 18.1 Å². The first kappa shape index (κ1) is 26.3. The quantitative estimate of drug-likeness (QED) is 0.108. The summed E-state index contributed by atoms with van der Waals surface area (Å²) in [6.07, 6.45) is -5.80. The fourth-order valence-corrected chi connectivity index (χ4v) is 4.25. The van der Waals surface area contributed by atoms with Crippen LogP contribution in [0.25, 0.3) is 0 Å². The van der Waals surface area contributed by atoms with Crippen molar-refractivity contribution in [3.63, 3.8) is 0 Å². The third kappa shape index (κ3) is 6.29. The van der Waals surface area contributed by atoms with E-state index < -0.39 is 18.1 Å². The Hall–Kier alpha value is -0.990. The van der Waals surface area contributed by atoms with Gasteiger partial charge in [-0.15, -0.1) is 0 Å². The van der Waals surface area contributed by atoms with Gasteiger partial charge in [0, 0.05) is 15.6 Å². The van der Waals surface area contributed by atoms with Gasteiger partial charge in [-0.1, -0.05) is 29.3 Å². The monoisotopic (exact) mass is 666 g/mol. The number of rotatable bonds is 7. The predicted octanol–water partition coefficient (Wildman–Crippen LogP) is 7.65. The third-order valence-electron chi connectivity index (χ3n) is 3.58. The highest BCUT2D eigenvalue weighted by atomic mass is 127. The van der Waals surface area contributed by atoms with E-state index in [4.69, 9.17) is 27.9 Å². The topological polar surface area (TPSA) is 33.6 Å². The number of hydrogen-bond acceptors (Lipinski definition) is 3. The fraction of sp³-hybridized carbons (Fsp3) is 0.235. The molecule has 0 spiro atoms. The van der Waals surface area contributed by atoms with Gasteiger partial charge in [0.15, 0.2) is 0 Å². The molecule has 2 aromatic rings. The minimum Gasteiger partial charge on any atom is -0.487 e. The van der Waals surface area contributed by atoms with Crippen LogP contribution in [0.1, 0.15) is 11.1 Å². The maximum atomic E-state index is 13.2. The second kappa shape index (κ2) is 9.87. The maximum absolute atomic E-state index is 13.2. The highest BCUT2D eigenvalue weighted by Gasteiger charge is 2.73. The van der Waals surface area contributed by atoms with Crippen LogP contribution in [0.4, 0.5) is 30.7 Å². The molecule has 0 atom stereocenters. The molecule has 0 saturated carbocycles. The average molecular weight is 668 g/mol. The lowest BCUT2D eigenvalue weighted by molar-refractivity contribution is -0.361. The normalized spacial score (nSPS) is 13.0. The maximum Gasteiger partial charge on any atom is 0.462 e. The highest BCUT2D eigenvalue weighted by molar-refractivity contribution is 14.1. The fourth-order valence-electron chi connectivity index (χ4n) is 2.02. The van der Waals surface area contributed by atoms with Crippen LogP contribution in [0.3, 0.4) is 0 Å². The van der Waals surface area contributed by atoms with Gasteiger partial charge in [-0.25, -0.2) is 5.43 Å². The zero-order valence-electron chi connectivity index (χ0n) is 14.7. The Morgan fingerprint density at radius 2 is 1.71 bits per heavy atom. The number of benzene rings is 2. The number of hydrogen-bond donors (Lipinski definition) is 1. The van der Waals surface area contributed by atoms with Crippen LogP contribution in [-0.2, 0) is 6.61 Å². The first-order valence-electron chi connectivity index (χ1n) is 7.84. The molecule has 0 aliphatic heterocycles. The zero-order chi connectivity index (χ0) is 23.6. The van der Waals surface area contributed by atoms with Crippen molar-refractivity contribution >= 4 is 67.9 Å². The molecule has 0 aliphatic carbocycles. The van der Waals surface area contributed by atoms with Crippen molar-refractivity contribution in [1.82, 2.24) is 5.43 Å². The smallest absolute Gasteiger partial charge is 0.462 e. The molecule has 0 bridgehead atoms. The molecule has 0 aromatic heterocycles. The van der Waals surface area contributed by atoms with Gasteiger partial charge in [0.1, 0.15) is 12.4 Å². The molecular weight excluding hydrogens is 659 g/mol. The number of alkyl halides is 7. The summed E-state index contributed by atoms with van der Waals surface area (Å²) in [7, 11) is 0. The molecular formula is C17H9BrCl2F7IN2O. The van der Waals surface area contributed by atoms with Crippen LogP contribution in [0, 0.1) is 3.57 Å². The van der Waals surface area contributed by atoms with Crippen LogP contribution >= 0.6 is 61.7 Å². The molecule has 2 aromatic carbocycles. The molecule has 0 heterocycles. The molecule has 0 aliphatic rings. The molecule has 0 amide bonds. The van der Waals surface area contributed by atoms with Crippen molar-refractivity contribution in [2.75, 3.05) is 0 Å². The van der Waals surface area contributed by atoms with E-state index >= 15 is 0 Å². The summed E-state index contributed by atoms with van der Waals surface area (Å²) < 4.78 is 94.9. The standard InChI is InChI=1S/C17H9BrCl2F7IN2O/c18-11-3-8(6-29-30-17(26,27)15(21,22)16(23,24)25)4-13(28)14(11)31-7-9-1-2-10(19)5-12(9)20/h1-6,30H,7H2/b29-6+. The Kier molecular flexibility index (Phi) is 8.37. The van der Waals surface area contributed by atoms with Crippen LogP contribution in [0.15, 0.2) is 39.9 Å². The van der Waals surface area contributed by atoms with E-state index in [9.17, 15) is 30.7 Å². The Bertz CT molecular complexity index is 966. The third-order valence-corrected chi connectivity index (χ3v) is 5.55. The van der Waals surface area contributed by atoms with Crippen LogP contribution in [0.2, 0.25) is 10.0 Å². The molecule has 0 fully saturated rings. The Labute approximate surface area is 203 Å². The first-order valence-corrected chi connectivity index (χ1v) is 10.5. The van der Waals surface area contributed by atoms with Crippen LogP contribution in [-0.4, -0.2) is 24.4 Å². The molecule has 0 saturated heterocycles. The predicted molar refractivity (Wildman–Crippen MR) is 114 cm³/mol. The molecule has 14 heteroatoms. The van der Waals surface area contributed by atoms with Crippen molar-refractivity contribution in [3.05, 3.63) is 59.5 Å². The number of nitrogens with zero attached hydrogens (tertiary/aromatic N) is 1. The molecule has 3 nitrogen and oxygen atoms in total. The highest BCUT2D eigenvalue weighted by Crippen LogP contribution is 2.45. The van der Waals surface area contributed by atoms with Crippen molar-refractivity contribution < 1.29 is 35.5 Å². The first-order chi connectivity index (χ1) is 14.2. The molecule has 0 unspecified atom stereocenters. The van der Waals surface area contributed by atoms with E-state index in [0.717, 1.165) is 0 Å². The second-order valence-electron chi connectivity index (χ2n) is 5.85. The lowest BCUT2D eigenvalue weighted by Gasteiger charge is -2.27.